The van der Waals surface area contributed by atoms with Crippen LogP contribution in [0, 0.1) is 0 Å². The largest absolute Gasteiger partial charge is 0.330 e. The highest BCUT2D eigenvalue weighted by atomic mass is 35.5. The molecule has 0 aliphatic carbocycles. The van der Waals surface area contributed by atoms with Gasteiger partial charge in [-0.2, -0.15) is 0 Å². The van der Waals surface area contributed by atoms with Gasteiger partial charge in [0.05, 0.1) is 0 Å². The summed E-state index contributed by atoms with van der Waals surface area (Å²) in [5.41, 5.74) is 0. The van der Waals surface area contributed by atoms with Crippen LogP contribution in [-0.4, -0.2) is 16.3 Å². The van der Waals surface area contributed by atoms with Gasteiger partial charge < -0.3 is 0 Å². The van der Waals surface area contributed by atoms with Gasteiger partial charge in [0.1, 0.15) is 0 Å². The molecule has 0 unspecified atom stereocenters. The van der Waals surface area contributed by atoms with Gasteiger partial charge in [0.2, 0.25) is 0 Å². The lowest BCUT2D eigenvalue weighted by Crippen LogP contribution is -2.12. The molecule has 7 heavy (non-hydrogen) atoms. The van der Waals surface area contributed by atoms with E-state index in [9.17, 15) is 4.79 Å². The van der Waals surface area contributed by atoms with E-state index in [1.165, 1.54) is 0 Å². The maximum atomic E-state index is 9.93. The summed E-state index contributed by atoms with van der Waals surface area (Å²) in [6.45, 7) is 2.16. The summed E-state index contributed by atoms with van der Waals surface area (Å²) in [5.74, 6) is 0. The van der Waals surface area contributed by atoms with Crippen LogP contribution in [-0.2, 0) is 0 Å². The van der Waals surface area contributed by atoms with E-state index in [-0.39, 0.29) is 0 Å². The fraction of sp³-hybridized carbons (Fsp3) is 0.667. The number of carbonyl (C=O) groups excluding carboxylic acids is 1. The lowest BCUT2D eigenvalue weighted by atomic mass is 10.8. The number of amides is 1. The molecular formula is C3H5Cl2NO. The van der Waals surface area contributed by atoms with Gasteiger partial charge in [0, 0.05) is 18.3 Å². The Kier molecular flexibility index (Phi) is 3.13. The first-order valence-electron chi connectivity index (χ1n) is 1.81. The summed E-state index contributed by atoms with van der Waals surface area (Å²) in [6, 6.07) is 0. The molecule has 0 fully saturated rings. The van der Waals surface area contributed by atoms with Crippen molar-refractivity contribution in [3.63, 3.8) is 0 Å². The van der Waals surface area contributed by atoms with Crippen LogP contribution in [0.5, 0.6) is 0 Å². The third-order valence-corrected chi connectivity index (χ3v) is 1.15. The third kappa shape index (κ3) is 2.71. The highest BCUT2D eigenvalue weighted by molar-refractivity contribution is 6.65. The summed E-state index contributed by atoms with van der Waals surface area (Å²) in [5, 5.41) is -0.635. The summed E-state index contributed by atoms with van der Waals surface area (Å²) in [4.78, 5) is 9.93. The highest BCUT2D eigenvalue weighted by Crippen LogP contribution is 1.97. The van der Waals surface area contributed by atoms with Crippen molar-refractivity contribution < 1.29 is 4.79 Å². The number of halogens is 2. The molecule has 0 aliphatic rings. The van der Waals surface area contributed by atoms with Crippen molar-refractivity contribution in [3.05, 3.63) is 0 Å². The molecule has 0 radical (unpaired) electrons. The van der Waals surface area contributed by atoms with Crippen LogP contribution < -0.4 is 0 Å². The van der Waals surface area contributed by atoms with Crippen molar-refractivity contribution in [2.45, 2.75) is 6.92 Å². The van der Waals surface area contributed by atoms with E-state index in [0.29, 0.717) is 6.54 Å². The molecule has 1 amide bonds. The standard InChI is InChI=1S/C3H5Cl2NO/c1-2-6(5)3(4)7/h2H2,1H3. The fourth-order valence-electron chi connectivity index (χ4n) is 0.124. The Labute approximate surface area is 52.1 Å². The average Bonchev–Trinajstić information content (AvgIpc) is 1.65. The molecule has 0 heterocycles. The predicted octanol–water partition coefficient (Wildman–Crippen LogP) is 1.82. The zero-order valence-corrected chi connectivity index (χ0v) is 5.33. The first-order valence-corrected chi connectivity index (χ1v) is 2.53. The molecule has 0 N–H and O–H groups in total. The molecule has 0 aromatic carbocycles. The monoisotopic (exact) mass is 141 g/mol. The van der Waals surface area contributed by atoms with Crippen LogP contribution in [0.15, 0.2) is 0 Å². The smallest absolute Gasteiger partial charge is 0.254 e. The minimum absolute atomic E-state index is 0.434. The summed E-state index contributed by atoms with van der Waals surface area (Å²) >= 11 is 10.0. The molecule has 0 aromatic rings. The van der Waals surface area contributed by atoms with Gasteiger partial charge >= 0.3 is 5.37 Å². The van der Waals surface area contributed by atoms with Crippen LogP contribution in [0.1, 0.15) is 6.92 Å². The van der Waals surface area contributed by atoms with E-state index in [0.717, 1.165) is 4.42 Å². The maximum absolute atomic E-state index is 9.93. The number of nitrogens with zero attached hydrogens (tertiary/aromatic N) is 1. The van der Waals surface area contributed by atoms with Gasteiger partial charge in [0.25, 0.3) is 0 Å². The molecule has 0 saturated heterocycles. The molecule has 0 bridgehead atoms. The molecule has 2 nitrogen and oxygen atoms in total. The van der Waals surface area contributed by atoms with Crippen molar-refractivity contribution in [1.29, 1.82) is 0 Å². The average molecular weight is 142 g/mol. The minimum atomic E-state index is -0.635. The van der Waals surface area contributed by atoms with E-state index >= 15 is 0 Å². The SMILES string of the molecule is CCN(Cl)C(=O)Cl. The normalized spacial score (nSPS) is 8.43. The van der Waals surface area contributed by atoms with Gasteiger partial charge in [-0.05, 0) is 18.5 Å². The molecule has 0 spiro atoms. The molecule has 0 atom stereocenters. The summed E-state index contributed by atoms with van der Waals surface area (Å²) in [6.07, 6.45) is 0. The van der Waals surface area contributed by atoms with E-state index in [4.69, 9.17) is 23.4 Å². The number of carbonyl (C=O) groups is 1. The molecule has 42 valence electrons. The summed E-state index contributed by atoms with van der Waals surface area (Å²) in [7, 11) is 0. The molecule has 0 rings (SSSR count). The van der Waals surface area contributed by atoms with E-state index in [2.05, 4.69) is 0 Å². The molecule has 0 aliphatic heterocycles. The minimum Gasteiger partial charge on any atom is -0.254 e. The van der Waals surface area contributed by atoms with Gasteiger partial charge in [-0.1, -0.05) is 0 Å². The molecular weight excluding hydrogens is 137 g/mol. The van der Waals surface area contributed by atoms with E-state index in [1.807, 2.05) is 0 Å². The highest BCUT2D eigenvalue weighted by Gasteiger charge is 2.00. The van der Waals surface area contributed by atoms with Crippen LogP contribution in [0.3, 0.4) is 0 Å². The van der Waals surface area contributed by atoms with Gasteiger partial charge in [-0.15, -0.1) is 0 Å². The predicted molar refractivity (Wildman–Crippen MR) is 29.5 cm³/mol. The zero-order valence-electron chi connectivity index (χ0n) is 3.82. The Hall–Kier alpha value is 0.0500. The molecule has 4 heteroatoms. The second-order valence-corrected chi connectivity index (χ2v) is 1.66. The lowest BCUT2D eigenvalue weighted by molar-refractivity contribution is 0.247. The van der Waals surface area contributed by atoms with Crippen molar-refractivity contribution in [2.75, 3.05) is 6.54 Å². The molecule has 0 saturated carbocycles. The Morgan fingerprint density at radius 3 is 2.29 bits per heavy atom. The third-order valence-electron chi connectivity index (χ3n) is 0.468. The van der Waals surface area contributed by atoms with Crippen molar-refractivity contribution in [3.8, 4) is 0 Å². The summed E-state index contributed by atoms with van der Waals surface area (Å²) < 4.78 is 0.890. The fourth-order valence-corrected chi connectivity index (χ4v) is 0.244. The maximum Gasteiger partial charge on any atom is 0.330 e. The molecule has 0 aromatic heterocycles. The Balaban J connectivity index is 3.34. The lowest BCUT2D eigenvalue weighted by Gasteiger charge is -2.02. The second kappa shape index (κ2) is 3.10. The van der Waals surface area contributed by atoms with Crippen LogP contribution in [0.4, 0.5) is 4.79 Å². The van der Waals surface area contributed by atoms with Crippen molar-refractivity contribution in [1.82, 2.24) is 4.42 Å². The topological polar surface area (TPSA) is 20.3 Å². The first kappa shape index (κ1) is 7.05. The quantitative estimate of drug-likeness (QED) is 0.310. The van der Waals surface area contributed by atoms with Crippen LogP contribution in [0.2, 0.25) is 0 Å². The zero-order chi connectivity index (χ0) is 5.86. The second-order valence-electron chi connectivity index (χ2n) is 0.931. The van der Waals surface area contributed by atoms with Gasteiger partial charge in [-0.3, -0.25) is 4.79 Å². The number of hydrogen-bond donors (Lipinski definition) is 0. The van der Waals surface area contributed by atoms with E-state index < -0.39 is 5.37 Å². The van der Waals surface area contributed by atoms with E-state index in [1.54, 1.807) is 6.92 Å². The van der Waals surface area contributed by atoms with Crippen LogP contribution in [0.25, 0.3) is 0 Å². The van der Waals surface area contributed by atoms with Crippen molar-refractivity contribution in [2.24, 2.45) is 0 Å². The Morgan fingerprint density at radius 1 is 1.86 bits per heavy atom. The number of hydrogen-bond acceptors (Lipinski definition) is 1. The Morgan fingerprint density at radius 2 is 2.29 bits per heavy atom. The Bertz CT molecular complexity index is 75.3. The van der Waals surface area contributed by atoms with Crippen LogP contribution >= 0.6 is 23.4 Å². The first-order chi connectivity index (χ1) is 3.18. The van der Waals surface area contributed by atoms with Gasteiger partial charge in [-0.25, -0.2) is 4.42 Å². The van der Waals surface area contributed by atoms with Crippen molar-refractivity contribution >= 4 is 28.7 Å². The van der Waals surface area contributed by atoms with Gasteiger partial charge in [0.15, 0.2) is 0 Å². The number of rotatable bonds is 1.